The van der Waals surface area contributed by atoms with Crippen molar-refractivity contribution in [2.75, 3.05) is 18.0 Å². The average Bonchev–Trinajstić information content (AvgIpc) is 2.85. The molecule has 7 nitrogen and oxygen atoms in total. The maximum atomic E-state index is 12.0. The number of azide groups is 1. The highest BCUT2D eigenvalue weighted by atomic mass is 16.2. The van der Waals surface area contributed by atoms with Gasteiger partial charge in [-0.05, 0) is 17.5 Å². The number of fused-ring (bicyclic) bond motifs is 1. The molecule has 1 aromatic carbocycles. The molecule has 0 saturated carbocycles. The van der Waals surface area contributed by atoms with Crippen molar-refractivity contribution in [3.8, 4) is 0 Å². The van der Waals surface area contributed by atoms with Crippen LogP contribution in [0.15, 0.2) is 35.6 Å². The van der Waals surface area contributed by atoms with Crippen LogP contribution in [0.4, 0.5) is 5.95 Å². The van der Waals surface area contributed by atoms with E-state index in [-0.39, 0.29) is 11.8 Å². The van der Waals surface area contributed by atoms with Crippen molar-refractivity contribution >= 4 is 22.8 Å². The lowest BCUT2D eigenvalue weighted by atomic mass is 10.1. The fraction of sp³-hybridized carbons (Fsp3) is 0.308. The van der Waals surface area contributed by atoms with E-state index in [0.717, 1.165) is 10.9 Å². The molecule has 100 valence electrons. The van der Waals surface area contributed by atoms with Crippen LogP contribution in [-0.2, 0) is 4.79 Å². The normalized spacial score (nSPS) is 18.3. The number of aromatic nitrogens is 2. The minimum Gasteiger partial charge on any atom is -0.280 e. The van der Waals surface area contributed by atoms with Gasteiger partial charge in [-0.2, -0.15) is 0 Å². The molecule has 1 unspecified atom stereocenters. The molecule has 1 aliphatic rings. The quantitative estimate of drug-likeness (QED) is 0.485. The molecule has 0 radical (unpaired) electrons. The first kappa shape index (κ1) is 12.4. The number of amides is 1. The Kier molecular flexibility index (Phi) is 3.18. The fourth-order valence-electron chi connectivity index (χ4n) is 2.34. The number of para-hydroxylation sites is 1. The summed E-state index contributed by atoms with van der Waals surface area (Å²) in [6.45, 7) is 0.822. The van der Waals surface area contributed by atoms with E-state index in [1.54, 1.807) is 11.1 Å². The van der Waals surface area contributed by atoms with Gasteiger partial charge in [0.2, 0.25) is 11.9 Å². The minimum atomic E-state index is -0.0292. The van der Waals surface area contributed by atoms with Crippen molar-refractivity contribution in [1.82, 2.24) is 9.97 Å². The zero-order valence-electron chi connectivity index (χ0n) is 10.7. The Labute approximate surface area is 114 Å². The highest BCUT2D eigenvalue weighted by Gasteiger charge is 2.31. The molecular formula is C13H12N6O. The number of carbonyl (C=O) groups excluding carboxylic acids is 1. The van der Waals surface area contributed by atoms with Crippen LogP contribution in [0.3, 0.4) is 0 Å². The number of hydrogen-bond acceptors (Lipinski definition) is 4. The smallest absolute Gasteiger partial charge is 0.232 e. The van der Waals surface area contributed by atoms with Gasteiger partial charge in [0.05, 0.1) is 5.52 Å². The van der Waals surface area contributed by atoms with Crippen molar-refractivity contribution in [2.45, 2.75) is 6.42 Å². The second kappa shape index (κ2) is 5.14. The molecule has 7 heteroatoms. The van der Waals surface area contributed by atoms with Crippen molar-refractivity contribution in [3.63, 3.8) is 0 Å². The van der Waals surface area contributed by atoms with Gasteiger partial charge in [0, 0.05) is 36.0 Å². The topological polar surface area (TPSA) is 94.9 Å². The molecule has 20 heavy (non-hydrogen) atoms. The fourth-order valence-corrected chi connectivity index (χ4v) is 2.34. The van der Waals surface area contributed by atoms with E-state index in [2.05, 4.69) is 20.0 Å². The lowest BCUT2D eigenvalue weighted by Gasteiger charge is -2.14. The number of rotatable bonds is 3. The molecule has 0 N–H and O–H groups in total. The van der Waals surface area contributed by atoms with E-state index in [0.29, 0.717) is 25.5 Å². The molecule has 1 saturated heterocycles. The molecule has 0 aliphatic carbocycles. The Morgan fingerprint density at radius 2 is 2.30 bits per heavy atom. The van der Waals surface area contributed by atoms with Crippen molar-refractivity contribution in [2.24, 2.45) is 11.0 Å². The molecule has 1 amide bonds. The predicted octanol–water partition coefficient (Wildman–Crippen LogP) is 2.29. The van der Waals surface area contributed by atoms with Gasteiger partial charge in [-0.1, -0.05) is 23.3 Å². The molecule has 1 fully saturated rings. The minimum absolute atomic E-state index is 0.0292. The third-order valence-electron chi connectivity index (χ3n) is 3.33. The summed E-state index contributed by atoms with van der Waals surface area (Å²) in [6.07, 6.45) is 2.08. The zero-order chi connectivity index (χ0) is 13.9. The Bertz CT molecular complexity index is 709. The third kappa shape index (κ3) is 2.26. The Morgan fingerprint density at radius 3 is 3.15 bits per heavy atom. The number of carbonyl (C=O) groups is 1. The largest absolute Gasteiger partial charge is 0.280 e. The summed E-state index contributed by atoms with van der Waals surface area (Å²) < 4.78 is 0. The zero-order valence-corrected chi connectivity index (χ0v) is 10.7. The van der Waals surface area contributed by atoms with E-state index in [4.69, 9.17) is 5.53 Å². The molecule has 2 heterocycles. The van der Waals surface area contributed by atoms with Gasteiger partial charge in [-0.15, -0.1) is 0 Å². The highest BCUT2D eigenvalue weighted by Crippen LogP contribution is 2.23. The Morgan fingerprint density at radius 1 is 1.45 bits per heavy atom. The van der Waals surface area contributed by atoms with Crippen LogP contribution in [0, 0.1) is 5.92 Å². The van der Waals surface area contributed by atoms with Crippen LogP contribution in [0.2, 0.25) is 0 Å². The summed E-state index contributed by atoms with van der Waals surface area (Å²) in [5.41, 5.74) is 9.14. The highest BCUT2D eigenvalue weighted by molar-refractivity contribution is 5.94. The molecule has 1 aliphatic heterocycles. The van der Waals surface area contributed by atoms with E-state index < -0.39 is 0 Å². The van der Waals surface area contributed by atoms with Gasteiger partial charge >= 0.3 is 0 Å². The summed E-state index contributed by atoms with van der Waals surface area (Å²) in [6, 6.07) is 7.63. The van der Waals surface area contributed by atoms with Gasteiger partial charge in [0.25, 0.3) is 0 Å². The van der Waals surface area contributed by atoms with Crippen LogP contribution < -0.4 is 4.90 Å². The molecule has 2 aromatic rings. The summed E-state index contributed by atoms with van der Waals surface area (Å²) in [4.78, 5) is 24.9. The van der Waals surface area contributed by atoms with Gasteiger partial charge in [0.1, 0.15) is 0 Å². The lowest BCUT2D eigenvalue weighted by Crippen LogP contribution is -2.26. The molecular weight excluding hydrogens is 256 g/mol. The van der Waals surface area contributed by atoms with Crippen LogP contribution in [-0.4, -0.2) is 29.0 Å². The third-order valence-corrected chi connectivity index (χ3v) is 3.33. The number of anilines is 1. The number of hydrogen-bond donors (Lipinski definition) is 0. The van der Waals surface area contributed by atoms with Gasteiger partial charge < -0.3 is 0 Å². The van der Waals surface area contributed by atoms with E-state index in [1.165, 1.54) is 0 Å². The van der Waals surface area contributed by atoms with Gasteiger partial charge in [0.15, 0.2) is 0 Å². The molecule has 0 bridgehead atoms. The van der Waals surface area contributed by atoms with Crippen LogP contribution in [0.1, 0.15) is 6.42 Å². The number of nitrogens with zero attached hydrogens (tertiary/aromatic N) is 6. The van der Waals surface area contributed by atoms with Crippen LogP contribution >= 0.6 is 0 Å². The summed E-state index contributed by atoms with van der Waals surface area (Å²) in [7, 11) is 0. The molecule has 1 aromatic heterocycles. The predicted molar refractivity (Wildman–Crippen MR) is 74.0 cm³/mol. The van der Waals surface area contributed by atoms with Crippen molar-refractivity contribution in [1.29, 1.82) is 0 Å². The molecule has 1 atom stereocenters. The average molecular weight is 268 g/mol. The van der Waals surface area contributed by atoms with E-state index in [1.807, 2.05) is 24.3 Å². The lowest BCUT2D eigenvalue weighted by molar-refractivity contribution is -0.117. The molecule has 3 rings (SSSR count). The Hall–Kier alpha value is -2.66. The SMILES string of the molecule is [N-]=[N+]=NCC1CC(=O)N(c2ncc3ccccc3n2)C1. The first-order chi connectivity index (χ1) is 9.78. The summed E-state index contributed by atoms with van der Waals surface area (Å²) >= 11 is 0. The second-order valence-corrected chi connectivity index (χ2v) is 4.72. The molecule has 0 spiro atoms. The van der Waals surface area contributed by atoms with E-state index >= 15 is 0 Å². The first-order valence-corrected chi connectivity index (χ1v) is 6.31. The van der Waals surface area contributed by atoms with Gasteiger partial charge in [-0.3, -0.25) is 9.69 Å². The maximum Gasteiger partial charge on any atom is 0.232 e. The second-order valence-electron chi connectivity index (χ2n) is 4.72. The summed E-state index contributed by atoms with van der Waals surface area (Å²) in [5, 5.41) is 4.47. The summed E-state index contributed by atoms with van der Waals surface area (Å²) in [5.74, 6) is 0.420. The van der Waals surface area contributed by atoms with Crippen LogP contribution in [0.5, 0.6) is 0 Å². The standard InChI is InChI=1S/C13H12N6O/c14-18-16-6-9-5-12(20)19(8-9)13-15-7-10-3-1-2-4-11(10)17-13/h1-4,7,9H,5-6,8H2. The van der Waals surface area contributed by atoms with Crippen LogP contribution in [0.25, 0.3) is 21.3 Å². The number of benzene rings is 1. The van der Waals surface area contributed by atoms with Crippen molar-refractivity contribution in [3.05, 3.63) is 40.9 Å². The maximum absolute atomic E-state index is 12.0. The first-order valence-electron chi connectivity index (χ1n) is 6.31. The Balaban J connectivity index is 1.87. The monoisotopic (exact) mass is 268 g/mol. The van der Waals surface area contributed by atoms with Crippen molar-refractivity contribution < 1.29 is 4.79 Å². The van der Waals surface area contributed by atoms with Gasteiger partial charge in [-0.25, -0.2) is 9.97 Å². The van der Waals surface area contributed by atoms with E-state index in [9.17, 15) is 4.79 Å².